The molecule has 1 N–H and O–H groups in total. The molecule has 0 saturated carbocycles. The smallest absolute Gasteiger partial charge is 0.107 e. The molecule has 2 aromatic rings. The summed E-state index contributed by atoms with van der Waals surface area (Å²) in [6, 6.07) is 10.4. The summed E-state index contributed by atoms with van der Waals surface area (Å²) >= 11 is 1.74. The molecule has 0 spiro atoms. The van der Waals surface area contributed by atoms with E-state index in [1.165, 1.54) is 10.7 Å². The van der Waals surface area contributed by atoms with Crippen molar-refractivity contribution >= 4 is 17.0 Å². The van der Waals surface area contributed by atoms with Crippen molar-refractivity contribution in [3.05, 3.63) is 46.4 Å². The molecule has 0 atom stereocenters. The van der Waals surface area contributed by atoms with E-state index in [9.17, 15) is 0 Å². The van der Waals surface area contributed by atoms with Gasteiger partial charge in [0.2, 0.25) is 0 Å². The Morgan fingerprint density at radius 3 is 2.79 bits per heavy atom. The van der Waals surface area contributed by atoms with Crippen molar-refractivity contribution in [2.75, 3.05) is 18.5 Å². The summed E-state index contributed by atoms with van der Waals surface area (Å²) < 4.78 is 0. The summed E-state index contributed by atoms with van der Waals surface area (Å²) in [6.45, 7) is 4.97. The maximum Gasteiger partial charge on any atom is 0.107 e. The summed E-state index contributed by atoms with van der Waals surface area (Å²) in [5.41, 5.74) is 2.37. The van der Waals surface area contributed by atoms with Crippen molar-refractivity contribution in [2.45, 2.75) is 26.4 Å². The fraction of sp³-hybridized carbons (Fsp3) is 0.400. The van der Waals surface area contributed by atoms with Gasteiger partial charge in [-0.3, -0.25) is 0 Å². The van der Waals surface area contributed by atoms with E-state index in [2.05, 4.69) is 58.8 Å². The van der Waals surface area contributed by atoms with Crippen LogP contribution in [0, 0.1) is 0 Å². The number of para-hydroxylation sites is 1. The third-order valence-electron chi connectivity index (χ3n) is 2.90. The molecule has 2 rings (SSSR count). The van der Waals surface area contributed by atoms with E-state index in [4.69, 9.17) is 0 Å². The third-order valence-corrected chi connectivity index (χ3v) is 3.80. The molecule has 0 unspecified atom stereocenters. The molecule has 0 aliphatic heterocycles. The highest BCUT2D eigenvalue weighted by Crippen LogP contribution is 2.16. The first-order valence-electron chi connectivity index (χ1n) is 6.69. The van der Waals surface area contributed by atoms with Crippen LogP contribution in [0.3, 0.4) is 0 Å². The largest absolute Gasteiger partial charge is 0.369 e. The van der Waals surface area contributed by atoms with Crippen LogP contribution in [0.5, 0.6) is 0 Å². The average Bonchev–Trinajstić information content (AvgIpc) is 2.88. The fourth-order valence-electron chi connectivity index (χ4n) is 1.89. The molecule has 4 heteroatoms. The quantitative estimate of drug-likeness (QED) is 0.786. The van der Waals surface area contributed by atoms with Crippen LogP contribution in [-0.2, 0) is 13.1 Å². The zero-order chi connectivity index (χ0) is 13.5. The van der Waals surface area contributed by atoms with Crippen LogP contribution in [0.2, 0.25) is 0 Å². The van der Waals surface area contributed by atoms with Gasteiger partial charge < -0.3 is 10.2 Å². The van der Waals surface area contributed by atoms with Gasteiger partial charge in [0, 0.05) is 24.7 Å². The van der Waals surface area contributed by atoms with E-state index >= 15 is 0 Å². The van der Waals surface area contributed by atoms with Gasteiger partial charge in [-0.05, 0) is 25.1 Å². The van der Waals surface area contributed by atoms with Crippen LogP contribution in [0.4, 0.5) is 5.69 Å². The summed E-state index contributed by atoms with van der Waals surface area (Å²) in [5, 5.41) is 6.71. The molecule has 1 aromatic heterocycles. The first-order valence-corrected chi connectivity index (χ1v) is 7.57. The summed E-state index contributed by atoms with van der Waals surface area (Å²) in [7, 11) is 2.10. The van der Waals surface area contributed by atoms with Gasteiger partial charge >= 0.3 is 0 Å². The number of nitrogens with zero attached hydrogens (tertiary/aromatic N) is 2. The maximum absolute atomic E-state index is 4.66. The minimum atomic E-state index is 0.855. The molecule has 0 aliphatic carbocycles. The van der Waals surface area contributed by atoms with Crippen LogP contribution >= 0.6 is 11.3 Å². The second-order valence-corrected chi connectivity index (χ2v) is 5.54. The molecule has 1 heterocycles. The Bertz CT molecular complexity index is 481. The van der Waals surface area contributed by atoms with Gasteiger partial charge in [0.15, 0.2) is 0 Å². The minimum Gasteiger partial charge on any atom is -0.369 e. The summed E-state index contributed by atoms with van der Waals surface area (Å²) in [5.74, 6) is 0. The van der Waals surface area contributed by atoms with E-state index in [1.807, 2.05) is 6.07 Å². The topological polar surface area (TPSA) is 28.2 Å². The average molecular weight is 275 g/mol. The number of hydrogen-bond acceptors (Lipinski definition) is 4. The lowest BCUT2D eigenvalue weighted by Crippen LogP contribution is -2.17. The van der Waals surface area contributed by atoms with Gasteiger partial charge in [0.25, 0.3) is 0 Å². The Morgan fingerprint density at radius 2 is 2.05 bits per heavy atom. The number of thiazole rings is 1. The lowest BCUT2D eigenvalue weighted by atomic mass is 10.3. The third kappa shape index (κ3) is 4.33. The number of aromatic nitrogens is 1. The number of rotatable bonds is 7. The second kappa shape index (κ2) is 7.26. The molecular formula is C15H21N3S. The monoisotopic (exact) mass is 275 g/mol. The lowest BCUT2D eigenvalue weighted by molar-refractivity contribution is 0.670. The normalized spacial score (nSPS) is 10.6. The van der Waals surface area contributed by atoms with E-state index in [0.29, 0.717) is 0 Å². The van der Waals surface area contributed by atoms with Crippen molar-refractivity contribution in [1.82, 2.24) is 10.3 Å². The van der Waals surface area contributed by atoms with E-state index in [-0.39, 0.29) is 0 Å². The van der Waals surface area contributed by atoms with Crippen LogP contribution < -0.4 is 10.2 Å². The molecule has 0 fully saturated rings. The first-order chi connectivity index (χ1) is 9.29. The Balaban J connectivity index is 1.89. The maximum atomic E-state index is 4.66. The molecule has 102 valence electrons. The molecule has 0 amide bonds. The number of anilines is 1. The van der Waals surface area contributed by atoms with E-state index in [0.717, 1.165) is 31.7 Å². The predicted molar refractivity (Wildman–Crippen MR) is 82.7 cm³/mol. The van der Waals surface area contributed by atoms with Crippen LogP contribution in [0.1, 0.15) is 24.0 Å². The van der Waals surface area contributed by atoms with Gasteiger partial charge in [-0.25, -0.2) is 4.98 Å². The zero-order valence-corrected chi connectivity index (χ0v) is 12.4. The SMILES string of the molecule is CCCNCc1nc(CN(C)c2ccccc2)cs1. The Hall–Kier alpha value is -1.39. The second-order valence-electron chi connectivity index (χ2n) is 4.60. The fourth-order valence-corrected chi connectivity index (χ4v) is 2.65. The van der Waals surface area contributed by atoms with Gasteiger partial charge in [-0.2, -0.15) is 0 Å². The molecular weight excluding hydrogens is 254 g/mol. The summed E-state index contributed by atoms with van der Waals surface area (Å²) in [4.78, 5) is 6.88. The number of benzene rings is 1. The van der Waals surface area contributed by atoms with Crippen molar-refractivity contribution in [1.29, 1.82) is 0 Å². The number of nitrogens with one attached hydrogen (secondary N) is 1. The van der Waals surface area contributed by atoms with Crippen molar-refractivity contribution in [3.63, 3.8) is 0 Å². The molecule has 0 bridgehead atoms. The molecule has 0 aliphatic rings. The molecule has 0 radical (unpaired) electrons. The van der Waals surface area contributed by atoms with Crippen molar-refractivity contribution < 1.29 is 0 Å². The highest BCUT2D eigenvalue weighted by Gasteiger charge is 2.05. The van der Waals surface area contributed by atoms with Crippen LogP contribution in [0.25, 0.3) is 0 Å². The van der Waals surface area contributed by atoms with E-state index < -0.39 is 0 Å². The van der Waals surface area contributed by atoms with Gasteiger partial charge in [0.1, 0.15) is 5.01 Å². The van der Waals surface area contributed by atoms with Crippen molar-refractivity contribution in [3.8, 4) is 0 Å². The number of hydrogen-bond donors (Lipinski definition) is 1. The Morgan fingerprint density at radius 1 is 1.26 bits per heavy atom. The van der Waals surface area contributed by atoms with Gasteiger partial charge in [-0.1, -0.05) is 25.1 Å². The Labute approximate surface area is 119 Å². The van der Waals surface area contributed by atoms with Gasteiger partial charge in [-0.15, -0.1) is 11.3 Å². The van der Waals surface area contributed by atoms with Gasteiger partial charge in [0.05, 0.1) is 12.2 Å². The molecule has 3 nitrogen and oxygen atoms in total. The molecule has 1 aromatic carbocycles. The van der Waals surface area contributed by atoms with Crippen LogP contribution in [-0.4, -0.2) is 18.6 Å². The highest BCUT2D eigenvalue weighted by atomic mass is 32.1. The van der Waals surface area contributed by atoms with Crippen LogP contribution in [0.15, 0.2) is 35.7 Å². The predicted octanol–water partition coefficient (Wildman–Crippen LogP) is 3.28. The summed E-state index contributed by atoms with van der Waals surface area (Å²) in [6.07, 6.45) is 1.16. The minimum absolute atomic E-state index is 0.855. The molecule has 0 saturated heterocycles. The van der Waals surface area contributed by atoms with Crippen molar-refractivity contribution in [2.24, 2.45) is 0 Å². The first kappa shape index (κ1) is 14.0. The lowest BCUT2D eigenvalue weighted by Gasteiger charge is -2.17. The molecule has 19 heavy (non-hydrogen) atoms. The van der Waals surface area contributed by atoms with E-state index in [1.54, 1.807) is 11.3 Å². The highest BCUT2D eigenvalue weighted by molar-refractivity contribution is 7.09. The standard InChI is InChI=1S/C15H21N3S/c1-3-9-16-10-15-17-13(12-19-15)11-18(2)14-7-5-4-6-8-14/h4-8,12,16H,3,9-11H2,1-2H3. The zero-order valence-electron chi connectivity index (χ0n) is 11.6. The Kier molecular flexibility index (Phi) is 5.36.